The Labute approximate surface area is 137 Å². The van der Waals surface area contributed by atoms with Crippen LogP contribution in [0.3, 0.4) is 0 Å². The van der Waals surface area contributed by atoms with Crippen molar-refractivity contribution in [2.75, 3.05) is 0 Å². The summed E-state index contributed by atoms with van der Waals surface area (Å²) < 4.78 is 42.2. The number of rotatable bonds is 5. The number of benzene rings is 2. The van der Waals surface area contributed by atoms with Crippen LogP contribution in [0, 0.1) is 0 Å². The molecule has 0 unspecified atom stereocenters. The van der Waals surface area contributed by atoms with Gasteiger partial charge in [0.15, 0.2) is 0 Å². The third-order valence-electron chi connectivity index (χ3n) is 3.56. The van der Waals surface area contributed by atoms with Gasteiger partial charge in [0.1, 0.15) is 5.75 Å². The van der Waals surface area contributed by atoms with Gasteiger partial charge in [0, 0.05) is 18.9 Å². The minimum Gasteiger partial charge on any atom is -0.406 e. The monoisotopic (exact) mass is 332 g/mol. The van der Waals surface area contributed by atoms with Crippen LogP contribution in [0.15, 0.2) is 67.0 Å². The topological polar surface area (TPSA) is 27.1 Å². The maximum absolute atomic E-state index is 12.2. The second kappa shape index (κ2) is 6.78. The summed E-state index contributed by atoms with van der Waals surface area (Å²) in [5.74, 6) is -0.220. The molecule has 0 saturated heterocycles. The fourth-order valence-electron chi connectivity index (χ4n) is 2.39. The minimum absolute atomic E-state index is 0.220. The van der Waals surface area contributed by atoms with Crippen LogP contribution in [0.4, 0.5) is 13.2 Å². The summed E-state index contributed by atoms with van der Waals surface area (Å²) in [5, 5.41) is 4.15. The van der Waals surface area contributed by atoms with Gasteiger partial charge in [0.25, 0.3) is 0 Å². The maximum atomic E-state index is 12.2. The van der Waals surface area contributed by atoms with Gasteiger partial charge in [-0.15, -0.1) is 13.2 Å². The highest BCUT2D eigenvalue weighted by Crippen LogP contribution is 2.26. The first kappa shape index (κ1) is 16.1. The molecule has 0 saturated carbocycles. The molecular formula is C18H15F3N2O. The fourth-order valence-corrected chi connectivity index (χ4v) is 2.39. The Hall–Kier alpha value is -2.76. The SMILES string of the molecule is FC(F)(F)Oc1ccc(-c2ccc(CCn3cccn3)cc2)cc1. The smallest absolute Gasteiger partial charge is 0.406 e. The van der Waals surface area contributed by atoms with E-state index < -0.39 is 6.36 Å². The predicted molar refractivity (Wildman–Crippen MR) is 84.5 cm³/mol. The molecule has 0 bridgehead atoms. The van der Waals surface area contributed by atoms with E-state index in [1.165, 1.54) is 17.7 Å². The molecule has 0 atom stereocenters. The Kier molecular flexibility index (Phi) is 4.55. The van der Waals surface area contributed by atoms with Crippen LogP contribution < -0.4 is 4.74 Å². The number of aromatic nitrogens is 2. The molecule has 0 radical (unpaired) electrons. The highest BCUT2D eigenvalue weighted by Gasteiger charge is 2.30. The van der Waals surface area contributed by atoms with Crippen molar-refractivity contribution < 1.29 is 17.9 Å². The Morgan fingerprint density at radius 1 is 0.917 bits per heavy atom. The Bertz CT molecular complexity index is 764. The number of nitrogens with zero attached hydrogens (tertiary/aromatic N) is 2. The van der Waals surface area contributed by atoms with Crippen LogP contribution in [0.1, 0.15) is 5.56 Å². The van der Waals surface area contributed by atoms with E-state index >= 15 is 0 Å². The summed E-state index contributed by atoms with van der Waals surface area (Å²) in [7, 11) is 0. The number of ether oxygens (including phenoxy) is 1. The van der Waals surface area contributed by atoms with E-state index in [0.717, 1.165) is 24.1 Å². The van der Waals surface area contributed by atoms with Crippen LogP contribution in [-0.4, -0.2) is 16.1 Å². The molecule has 1 aromatic heterocycles. The van der Waals surface area contributed by atoms with Gasteiger partial charge < -0.3 is 4.74 Å². The van der Waals surface area contributed by atoms with Crippen LogP contribution >= 0.6 is 0 Å². The van der Waals surface area contributed by atoms with Gasteiger partial charge in [-0.05, 0) is 41.3 Å². The van der Waals surface area contributed by atoms with Gasteiger partial charge in [-0.1, -0.05) is 36.4 Å². The Morgan fingerprint density at radius 2 is 1.54 bits per heavy atom. The highest BCUT2D eigenvalue weighted by atomic mass is 19.4. The van der Waals surface area contributed by atoms with Crippen LogP contribution in [0.25, 0.3) is 11.1 Å². The van der Waals surface area contributed by atoms with E-state index in [2.05, 4.69) is 9.84 Å². The van der Waals surface area contributed by atoms with Gasteiger partial charge >= 0.3 is 6.36 Å². The third-order valence-corrected chi connectivity index (χ3v) is 3.56. The molecular weight excluding hydrogens is 317 g/mol. The molecule has 0 amide bonds. The van der Waals surface area contributed by atoms with Crippen molar-refractivity contribution in [2.24, 2.45) is 0 Å². The van der Waals surface area contributed by atoms with E-state index in [1.807, 2.05) is 41.2 Å². The van der Waals surface area contributed by atoms with Crippen molar-refractivity contribution in [3.63, 3.8) is 0 Å². The molecule has 6 heteroatoms. The van der Waals surface area contributed by atoms with Crippen LogP contribution in [0.5, 0.6) is 5.75 Å². The van der Waals surface area contributed by atoms with Crippen molar-refractivity contribution in [3.8, 4) is 16.9 Å². The first-order valence-corrected chi connectivity index (χ1v) is 7.42. The molecule has 3 nitrogen and oxygen atoms in total. The molecule has 3 aromatic rings. The Morgan fingerprint density at radius 3 is 2.08 bits per heavy atom. The largest absolute Gasteiger partial charge is 0.573 e. The number of alkyl halides is 3. The second-order valence-corrected chi connectivity index (χ2v) is 5.29. The second-order valence-electron chi connectivity index (χ2n) is 5.29. The lowest BCUT2D eigenvalue weighted by Gasteiger charge is -2.09. The highest BCUT2D eigenvalue weighted by molar-refractivity contribution is 5.64. The number of halogens is 3. The normalized spacial score (nSPS) is 11.5. The zero-order chi connectivity index (χ0) is 17.0. The van der Waals surface area contributed by atoms with E-state index in [1.54, 1.807) is 18.3 Å². The van der Waals surface area contributed by atoms with E-state index in [-0.39, 0.29) is 5.75 Å². The van der Waals surface area contributed by atoms with Crippen LogP contribution in [-0.2, 0) is 13.0 Å². The molecule has 0 aliphatic carbocycles. The summed E-state index contributed by atoms with van der Waals surface area (Å²) in [5.41, 5.74) is 2.95. The summed E-state index contributed by atoms with van der Waals surface area (Å²) in [6.07, 6.45) is -0.147. The summed E-state index contributed by atoms with van der Waals surface area (Å²) in [4.78, 5) is 0. The zero-order valence-corrected chi connectivity index (χ0v) is 12.7. The average molecular weight is 332 g/mol. The molecule has 1 heterocycles. The van der Waals surface area contributed by atoms with Gasteiger partial charge in [-0.3, -0.25) is 4.68 Å². The first-order valence-electron chi connectivity index (χ1n) is 7.42. The lowest BCUT2D eigenvalue weighted by molar-refractivity contribution is -0.274. The number of aryl methyl sites for hydroxylation is 2. The number of hydrogen-bond donors (Lipinski definition) is 0. The van der Waals surface area contributed by atoms with Gasteiger partial charge in [-0.2, -0.15) is 5.10 Å². The Balaban J connectivity index is 1.64. The van der Waals surface area contributed by atoms with Crippen LogP contribution in [0.2, 0.25) is 0 Å². The lowest BCUT2D eigenvalue weighted by Crippen LogP contribution is -2.16. The van der Waals surface area contributed by atoms with E-state index in [9.17, 15) is 13.2 Å². The van der Waals surface area contributed by atoms with Crippen molar-refractivity contribution in [1.82, 2.24) is 9.78 Å². The summed E-state index contributed by atoms with van der Waals surface area (Å²) in [6, 6.07) is 15.7. The van der Waals surface area contributed by atoms with Crippen molar-refractivity contribution in [1.29, 1.82) is 0 Å². The molecule has 24 heavy (non-hydrogen) atoms. The van der Waals surface area contributed by atoms with Gasteiger partial charge in [-0.25, -0.2) is 0 Å². The molecule has 0 aliphatic rings. The van der Waals surface area contributed by atoms with Gasteiger partial charge in [0.2, 0.25) is 0 Å². The minimum atomic E-state index is -4.67. The summed E-state index contributed by atoms with van der Waals surface area (Å²) >= 11 is 0. The van der Waals surface area contributed by atoms with Crippen molar-refractivity contribution in [3.05, 3.63) is 72.6 Å². The molecule has 0 N–H and O–H groups in total. The van der Waals surface area contributed by atoms with Crippen molar-refractivity contribution in [2.45, 2.75) is 19.3 Å². The zero-order valence-electron chi connectivity index (χ0n) is 12.7. The third kappa shape index (κ3) is 4.38. The maximum Gasteiger partial charge on any atom is 0.573 e. The van der Waals surface area contributed by atoms with Crippen molar-refractivity contribution >= 4 is 0 Å². The average Bonchev–Trinajstić information content (AvgIpc) is 3.06. The van der Waals surface area contributed by atoms with E-state index in [4.69, 9.17) is 0 Å². The first-order chi connectivity index (χ1) is 11.5. The summed E-state index contributed by atoms with van der Waals surface area (Å²) in [6.45, 7) is 0.801. The predicted octanol–water partition coefficient (Wildman–Crippen LogP) is 4.69. The fraction of sp³-hybridized carbons (Fsp3) is 0.167. The molecule has 124 valence electrons. The molecule has 2 aromatic carbocycles. The lowest BCUT2D eigenvalue weighted by atomic mass is 10.0. The van der Waals surface area contributed by atoms with Gasteiger partial charge in [0.05, 0.1) is 0 Å². The standard InChI is InChI=1S/C18H15F3N2O/c19-18(20,21)24-17-8-6-16(7-9-17)15-4-2-14(3-5-15)10-13-23-12-1-11-22-23/h1-9,11-12H,10,13H2. The number of hydrogen-bond acceptors (Lipinski definition) is 2. The van der Waals surface area contributed by atoms with E-state index in [0.29, 0.717) is 0 Å². The molecule has 0 spiro atoms. The quantitative estimate of drug-likeness (QED) is 0.678. The molecule has 0 fully saturated rings. The molecule has 0 aliphatic heterocycles. The molecule has 3 rings (SSSR count).